The van der Waals surface area contributed by atoms with Gasteiger partial charge >= 0.3 is 6.03 Å². The molecule has 15 heavy (non-hydrogen) atoms. The SMILES string of the molecule is NC(=O)N1CCOc2ccc(F)cc2C1. The predicted molar refractivity (Wildman–Crippen MR) is 51.9 cm³/mol. The van der Waals surface area contributed by atoms with Gasteiger partial charge in [0.1, 0.15) is 18.2 Å². The Balaban J connectivity index is 2.31. The minimum absolute atomic E-state index is 0.294. The number of rotatable bonds is 0. The smallest absolute Gasteiger partial charge is 0.315 e. The molecule has 2 amide bonds. The number of ether oxygens (including phenoxy) is 1. The van der Waals surface area contributed by atoms with Gasteiger partial charge in [-0.2, -0.15) is 0 Å². The first kappa shape index (κ1) is 9.76. The number of nitrogens with zero attached hydrogens (tertiary/aromatic N) is 1. The van der Waals surface area contributed by atoms with E-state index in [-0.39, 0.29) is 5.82 Å². The van der Waals surface area contributed by atoms with E-state index in [0.29, 0.717) is 31.0 Å². The summed E-state index contributed by atoms with van der Waals surface area (Å²) in [5.41, 5.74) is 5.81. The van der Waals surface area contributed by atoms with Gasteiger partial charge in [0.2, 0.25) is 0 Å². The third-order valence-electron chi connectivity index (χ3n) is 2.31. The molecule has 0 fully saturated rings. The summed E-state index contributed by atoms with van der Waals surface area (Å²) in [5, 5.41) is 0. The number of hydrogen-bond donors (Lipinski definition) is 1. The number of urea groups is 1. The summed E-state index contributed by atoms with van der Waals surface area (Å²) in [6.45, 7) is 1.09. The summed E-state index contributed by atoms with van der Waals surface area (Å²) < 4.78 is 18.3. The highest BCUT2D eigenvalue weighted by molar-refractivity contribution is 5.72. The highest BCUT2D eigenvalue weighted by Crippen LogP contribution is 2.23. The summed E-state index contributed by atoms with van der Waals surface area (Å²) in [4.78, 5) is 12.4. The number of fused-ring (bicyclic) bond motifs is 1. The highest BCUT2D eigenvalue weighted by Gasteiger charge is 2.17. The van der Waals surface area contributed by atoms with E-state index in [0.717, 1.165) is 0 Å². The second-order valence-corrected chi connectivity index (χ2v) is 3.36. The molecule has 2 N–H and O–H groups in total. The molecular weight excluding hydrogens is 199 g/mol. The fraction of sp³-hybridized carbons (Fsp3) is 0.300. The molecule has 0 saturated heterocycles. The van der Waals surface area contributed by atoms with Gasteiger partial charge < -0.3 is 15.4 Å². The fourth-order valence-electron chi connectivity index (χ4n) is 1.55. The topological polar surface area (TPSA) is 55.6 Å². The van der Waals surface area contributed by atoms with E-state index >= 15 is 0 Å². The Morgan fingerprint density at radius 1 is 1.53 bits per heavy atom. The van der Waals surface area contributed by atoms with Gasteiger partial charge in [0.25, 0.3) is 0 Å². The summed E-state index contributed by atoms with van der Waals surface area (Å²) >= 11 is 0. The van der Waals surface area contributed by atoms with Crippen LogP contribution in [0.3, 0.4) is 0 Å². The van der Waals surface area contributed by atoms with E-state index in [9.17, 15) is 9.18 Å². The Bertz CT molecular complexity index is 395. The van der Waals surface area contributed by atoms with Crippen LogP contribution in [-0.4, -0.2) is 24.1 Å². The maximum atomic E-state index is 13.0. The Kier molecular flexibility index (Phi) is 2.45. The normalized spacial score (nSPS) is 15.1. The average Bonchev–Trinajstić information content (AvgIpc) is 2.39. The molecule has 4 nitrogen and oxygen atoms in total. The second-order valence-electron chi connectivity index (χ2n) is 3.36. The predicted octanol–water partition coefficient (Wildman–Crippen LogP) is 1.10. The zero-order chi connectivity index (χ0) is 10.8. The van der Waals surface area contributed by atoms with Gasteiger partial charge in [0, 0.05) is 5.56 Å². The van der Waals surface area contributed by atoms with Gasteiger partial charge in [-0.1, -0.05) is 0 Å². The molecule has 0 unspecified atom stereocenters. The third kappa shape index (κ3) is 2.01. The van der Waals surface area contributed by atoms with Gasteiger partial charge in [-0.3, -0.25) is 0 Å². The van der Waals surface area contributed by atoms with Crippen LogP contribution in [0.2, 0.25) is 0 Å². The fourth-order valence-corrected chi connectivity index (χ4v) is 1.55. The molecule has 0 aliphatic carbocycles. The van der Waals surface area contributed by atoms with Crippen molar-refractivity contribution in [2.24, 2.45) is 5.73 Å². The number of hydrogen-bond acceptors (Lipinski definition) is 2. The summed E-state index contributed by atoms with van der Waals surface area (Å²) in [6.07, 6.45) is 0. The first-order valence-electron chi connectivity index (χ1n) is 4.62. The number of carbonyl (C=O) groups is 1. The van der Waals surface area contributed by atoms with Crippen LogP contribution in [-0.2, 0) is 6.54 Å². The lowest BCUT2D eigenvalue weighted by atomic mass is 10.2. The molecular formula is C10H11FN2O2. The highest BCUT2D eigenvalue weighted by atomic mass is 19.1. The average molecular weight is 210 g/mol. The molecule has 5 heteroatoms. The van der Waals surface area contributed by atoms with E-state index in [4.69, 9.17) is 10.5 Å². The van der Waals surface area contributed by atoms with Crippen molar-refractivity contribution in [3.05, 3.63) is 29.6 Å². The van der Waals surface area contributed by atoms with Crippen LogP contribution < -0.4 is 10.5 Å². The van der Waals surface area contributed by atoms with Crippen LogP contribution >= 0.6 is 0 Å². The summed E-state index contributed by atoms with van der Waals surface area (Å²) in [5.74, 6) is 0.267. The lowest BCUT2D eigenvalue weighted by Gasteiger charge is -2.16. The van der Waals surface area contributed by atoms with Crippen LogP contribution in [0.25, 0.3) is 0 Å². The molecule has 0 bridgehead atoms. The van der Waals surface area contributed by atoms with Crippen molar-refractivity contribution in [2.45, 2.75) is 6.54 Å². The van der Waals surface area contributed by atoms with Crippen molar-refractivity contribution >= 4 is 6.03 Å². The maximum absolute atomic E-state index is 13.0. The van der Waals surface area contributed by atoms with E-state index in [1.165, 1.54) is 17.0 Å². The number of halogens is 1. The monoisotopic (exact) mass is 210 g/mol. The number of carbonyl (C=O) groups excluding carboxylic acids is 1. The Labute approximate surface area is 86.4 Å². The van der Waals surface area contributed by atoms with Crippen LogP contribution in [0.15, 0.2) is 18.2 Å². The zero-order valence-corrected chi connectivity index (χ0v) is 8.07. The van der Waals surface area contributed by atoms with Gasteiger partial charge in [0.05, 0.1) is 13.1 Å². The molecule has 1 aliphatic heterocycles. The first-order valence-corrected chi connectivity index (χ1v) is 4.62. The molecule has 80 valence electrons. The number of primary amides is 1. The van der Waals surface area contributed by atoms with Crippen LogP contribution in [0.5, 0.6) is 5.75 Å². The van der Waals surface area contributed by atoms with Crippen molar-refractivity contribution < 1.29 is 13.9 Å². The zero-order valence-electron chi connectivity index (χ0n) is 8.07. The third-order valence-corrected chi connectivity index (χ3v) is 2.31. The molecule has 0 saturated carbocycles. The van der Waals surface area contributed by atoms with Crippen molar-refractivity contribution in [2.75, 3.05) is 13.2 Å². The summed E-state index contributed by atoms with van der Waals surface area (Å²) in [6, 6.07) is 3.74. The van der Waals surface area contributed by atoms with Crippen molar-refractivity contribution in [3.63, 3.8) is 0 Å². The molecule has 2 rings (SSSR count). The Morgan fingerprint density at radius 3 is 3.07 bits per heavy atom. The number of amides is 2. The van der Waals surface area contributed by atoms with Crippen LogP contribution in [0.1, 0.15) is 5.56 Å². The molecule has 1 heterocycles. The van der Waals surface area contributed by atoms with Crippen molar-refractivity contribution in [1.29, 1.82) is 0 Å². The second kappa shape index (κ2) is 3.76. The van der Waals surface area contributed by atoms with E-state index in [1.54, 1.807) is 6.07 Å². The molecule has 0 radical (unpaired) electrons. The van der Waals surface area contributed by atoms with Gasteiger partial charge in [-0.25, -0.2) is 9.18 Å². The molecule has 0 spiro atoms. The molecule has 0 atom stereocenters. The first-order chi connectivity index (χ1) is 7.16. The lowest BCUT2D eigenvalue weighted by Crippen LogP contribution is -2.36. The maximum Gasteiger partial charge on any atom is 0.315 e. The van der Waals surface area contributed by atoms with E-state index in [1.807, 2.05) is 0 Å². The van der Waals surface area contributed by atoms with Crippen LogP contribution in [0.4, 0.5) is 9.18 Å². The van der Waals surface area contributed by atoms with Crippen LogP contribution in [0, 0.1) is 5.82 Å². The molecule has 0 aromatic heterocycles. The largest absolute Gasteiger partial charge is 0.491 e. The van der Waals surface area contributed by atoms with E-state index < -0.39 is 6.03 Å². The van der Waals surface area contributed by atoms with Gasteiger partial charge in [0.15, 0.2) is 0 Å². The minimum atomic E-state index is -0.518. The number of benzene rings is 1. The minimum Gasteiger partial charge on any atom is -0.491 e. The quantitative estimate of drug-likeness (QED) is 0.697. The lowest BCUT2D eigenvalue weighted by molar-refractivity contribution is 0.197. The summed E-state index contributed by atoms with van der Waals surface area (Å²) in [7, 11) is 0. The molecule has 1 aromatic rings. The molecule has 1 aromatic carbocycles. The van der Waals surface area contributed by atoms with Crippen molar-refractivity contribution in [1.82, 2.24) is 4.90 Å². The van der Waals surface area contributed by atoms with E-state index in [2.05, 4.69) is 0 Å². The van der Waals surface area contributed by atoms with Gasteiger partial charge in [-0.15, -0.1) is 0 Å². The Morgan fingerprint density at radius 2 is 2.33 bits per heavy atom. The standard InChI is InChI=1S/C10H11FN2O2/c11-8-1-2-9-7(5-8)6-13(10(12)14)3-4-15-9/h1-2,5H,3-4,6H2,(H2,12,14). The van der Waals surface area contributed by atoms with Crippen molar-refractivity contribution in [3.8, 4) is 5.75 Å². The van der Waals surface area contributed by atoms with Gasteiger partial charge in [-0.05, 0) is 18.2 Å². The Hall–Kier alpha value is -1.78. The number of nitrogens with two attached hydrogens (primary N) is 1. The molecule has 1 aliphatic rings.